The van der Waals surface area contributed by atoms with Crippen molar-refractivity contribution in [1.82, 2.24) is 20.3 Å². The summed E-state index contributed by atoms with van der Waals surface area (Å²) < 4.78 is 5.45. The second-order valence-corrected chi connectivity index (χ2v) is 7.35. The molecule has 1 aliphatic rings. The fraction of sp³-hybridized carbons (Fsp3) is 0.200. The molecule has 0 radical (unpaired) electrons. The van der Waals surface area contributed by atoms with Crippen LogP contribution in [0.3, 0.4) is 0 Å². The van der Waals surface area contributed by atoms with Crippen molar-refractivity contribution in [2.45, 2.75) is 19.3 Å². The Labute approximate surface area is 165 Å². The van der Waals surface area contributed by atoms with E-state index in [1.165, 1.54) is 0 Å². The van der Waals surface area contributed by atoms with Gasteiger partial charge in [0.05, 0.1) is 5.52 Å². The van der Waals surface area contributed by atoms with Crippen LogP contribution < -0.4 is 4.90 Å². The number of nitrogens with one attached hydrogen (secondary N) is 1. The van der Waals surface area contributed by atoms with Crippen LogP contribution in [0.4, 0.5) is 5.69 Å². The standard InChI is InChI=1S/C20H16ClN5O2/c1-11-6-7-13(21)9-16(11)26-10-12(8-17(26)27)19-22-20(28-25-19)18-14-4-2-3-5-15(14)23-24-18/h2-7,9,12H,8,10H2,1H3,(H,23,24). The predicted octanol–water partition coefficient (Wildman–Crippen LogP) is 4.10. The third-order valence-electron chi connectivity index (χ3n) is 5.07. The van der Waals surface area contributed by atoms with Gasteiger partial charge in [-0.1, -0.05) is 41.0 Å². The normalized spacial score (nSPS) is 17.0. The Morgan fingerprint density at radius 1 is 1.25 bits per heavy atom. The van der Waals surface area contributed by atoms with Crippen molar-refractivity contribution in [3.05, 3.63) is 58.9 Å². The molecule has 2 aromatic heterocycles. The van der Waals surface area contributed by atoms with Gasteiger partial charge >= 0.3 is 0 Å². The molecule has 0 bridgehead atoms. The molecule has 3 heterocycles. The topological polar surface area (TPSA) is 87.9 Å². The van der Waals surface area contributed by atoms with Gasteiger partial charge in [-0.2, -0.15) is 10.1 Å². The molecule has 0 aliphatic carbocycles. The van der Waals surface area contributed by atoms with Crippen LogP contribution in [0.15, 0.2) is 47.0 Å². The summed E-state index contributed by atoms with van der Waals surface area (Å²) in [4.78, 5) is 18.9. The number of carbonyl (C=O) groups is 1. The molecule has 28 heavy (non-hydrogen) atoms. The number of anilines is 1. The quantitative estimate of drug-likeness (QED) is 0.566. The summed E-state index contributed by atoms with van der Waals surface area (Å²) in [6.45, 7) is 2.45. The van der Waals surface area contributed by atoms with E-state index in [9.17, 15) is 4.79 Å². The minimum absolute atomic E-state index is 0.0203. The maximum Gasteiger partial charge on any atom is 0.279 e. The summed E-state index contributed by atoms with van der Waals surface area (Å²) in [5.74, 6) is 0.732. The Balaban J connectivity index is 1.44. The first-order valence-corrected chi connectivity index (χ1v) is 9.31. The number of aromatic amines is 1. The smallest absolute Gasteiger partial charge is 0.279 e. The summed E-state index contributed by atoms with van der Waals surface area (Å²) in [5.41, 5.74) is 3.33. The Kier molecular flexibility index (Phi) is 3.91. The molecule has 1 aliphatic heterocycles. The number of aromatic nitrogens is 4. The number of nitrogens with zero attached hydrogens (tertiary/aromatic N) is 4. The Morgan fingerprint density at radius 3 is 3.00 bits per heavy atom. The minimum atomic E-state index is -0.145. The Hall–Kier alpha value is -3.19. The lowest BCUT2D eigenvalue weighted by Crippen LogP contribution is -2.25. The molecule has 5 rings (SSSR count). The zero-order valence-corrected chi connectivity index (χ0v) is 15.8. The van der Waals surface area contributed by atoms with E-state index in [-0.39, 0.29) is 11.8 Å². The molecule has 4 aromatic rings. The second-order valence-electron chi connectivity index (χ2n) is 6.91. The van der Waals surface area contributed by atoms with Crippen LogP contribution in [0, 0.1) is 6.92 Å². The van der Waals surface area contributed by atoms with Crippen molar-refractivity contribution in [2.24, 2.45) is 0 Å². The highest BCUT2D eigenvalue weighted by atomic mass is 35.5. The number of carbonyl (C=O) groups excluding carboxylic acids is 1. The molecule has 7 nitrogen and oxygen atoms in total. The lowest BCUT2D eigenvalue weighted by molar-refractivity contribution is -0.117. The van der Waals surface area contributed by atoms with Crippen molar-refractivity contribution < 1.29 is 9.32 Å². The monoisotopic (exact) mass is 393 g/mol. The van der Waals surface area contributed by atoms with Gasteiger partial charge in [0.25, 0.3) is 5.89 Å². The van der Waals surface area contributed by atoms with Crippen LogP contribution in [-0.4, -0.2) is 32.8 Å². The fourth-order valence-electron chi connectivity index (χ4n) is 3.61. The molecule has 2 aromatic carbocycles. The molecule has 1 N–H and O–H groups in total. The number of hydrogen-bond donors (Lipinski definition) is 1. The molecule has 1 atom stereocenters. The Morgan fingerprint density at radius 2 is 2.11 bits per heavy atom. The summed E-state index contributed by atoms with van der Waals surface area (Å²) >= 11 is 6.12. The molecular weight excluding hydrogens is 378 g/mol. The van der Waals surface area contributed by atoms with Gasteiger partial charge < -0.3 is 9.42 Å². The zero-order chi connectivity index (χ0) is 19.3. The van der Waals surface area contributed by atoms with Gasteiger partial charge in [-0.25, -0.2) is 0 Å². The number of benzene rings is 2. The van der Waals surface area contributed by atoms with Crippen molar-refractivity contribution in [3.8, 4) is 11.6 Å². The lowest BCUT2D eigenvalue weighted by atomic mass is 10.1. The van der Waals surface area contributed by atoms with E-state index >= 15 is 0 Å². The summed E-state index contributed by atoms with van der Waals surface area (Å²) in [5, 5.41) is 12.9. The van der Waals surface area contributed by atoms with Gasteiger partial charge in [-0.15, -0.1) is 0 Å². The van der Waals surface area contributed by atoms with Crippen molar-refractivity contribution in [3.63, 3.8) is 0 Å². The van der Waals surface area contributed by atoms with E-state index in [1.807, 2.05) is 49.4 Å². The summed E-state index contributed by atoms with van der Waals surface area (Å²) in [7, 11) is 0. The number of amides is 1. The van der Waals surface area contributed by atoms with Crippen molar-refractivity contribution >= 4 is 34.1 Å². The van der Waals surface area contributed by atoms with E-state index in [2.05, 4.69) is 20.3 Å². The van der Waals surface area contributed by atoms with E-state index in [0.717, 1.165) is 22.2 Å². The molecule has 1 saturated heterocycles. The number of fused-ring (bicyclic) bond motifs is 1. The third-order valence-corrected chi connectivity index (χ3v) is 5.30. The number of halogens is 1. The average molecular weight is 394 g/mol. The number of para-hydroxylation sites is 1. The largest absolute Gasteiger partial charge is 0.332 e. The van der Waals surface area contributed by atoms with E-state index in [1.54, 1.807) is 4.90 Å². The molecule has 0 spiro atoms. The fourth-order valence-corrected chi connectivity index (χ4v) is 3.78. The SMILES string of the molecule is Cc1ccc(Cl)cc1N1CC(c2noc(-c3n[nH]c4ccccc34)n2)CC1=O. The second kappa shape index (κ2) is 6.45. The molecule has 0 saturated carbocycles. The van der Waals surface area contributed by atoms with Gasteiger partial charge in [0, 0.05) is 35.0 Å². The van der Waals surface area contributed by atoms with Crippen LogP contribution >= 0.6 is 11.6 Å². The first-order valence-electron chi connectivity index (χ1n) is 8.94. The van der Waals surface area contributed by atoms with Crippen LogP contribution in [0.5, 0.6) is 0 Å². The maximum absolute atomic E-state index is 12.6. The first-order chi connectivity index (χ1) is 13.6. The van der Waals surface area contributed by atoms with Gasteiger partial charge in [-0.05, 0) is 30.7 Å². The van der Waals surface area contributed by atoms with Crippen molar-refractivity contribution in [2.75, 3.05) is 11.4 Å². The van der Waals surface area contributed by atoms with Crippen LogP contribution in [-0.2, 0) is 4.79 Å². The summed E-state index contributed by atoms with van der Waals surface area (Å²) in [6.07, 6.45) is 0.326. The van der Waals surface area contributed by atoms with Gasteiger partial charge in [-0.3, -0.25) is 9.89 Å². The predicted molar refractivity (Wildman–Crippen MR) is 105 cm³/mol. The third kappa shape index (κ3) is 2.75. The highest BCUT2D eigenvalue weighted by Crippen LogP contribution is 2.34. The minimum Gasteiger partial charge on any atom is -0.332 e. The first kappa shape index (κ1) is 16.9. The number of hydrogen-bond acceptors (Lipinski definition) is 5. The molecule has 1 amide bonds. The maximum atomic E-state index is 12.6. The van der Waals surface area contributed by atoms with E-state index in [4.69, 9.17) is 16.1 Å². The number of H-pyrrole nitrogens is 1. The molecule has 1 fully saturated rings. The van der Waals surface area contributed by atoms with Gasteiger partial charge in [0.2, 0.25) is 5.91 Å². The van der Waals surface area contributed by atoms with Gasteiger partial charge in [0.15, 0.2) is 11.5 Å². The summed E-state index contributed by atoms with van der Waals surface area (Å²) in [6, 6.07) is 13.3. The van der Waals surface area contributed by atoms with E-state index in [0.29, 0.717) is 35.4 Å². The van der Waals surface area contributed by atoms with Crippen molar-refractivity contribution in [1.29, 1.82) is 0 Å². The van der Waals surface area contributed by atoms with Crippen LogP contribution in [0.25, 0.3) is 22.5 Å². The molecule has 8 heteroatoms. The van der Waals surface area contributed by atoms with E-state index < -0.39 is 0 Å². The van der Waals surface area contributed by atoms with Crippen LogP contribution in [0.2, 0.25) is 5.02 Å². The zero-order valence-electron chi connectivity index (χ0n) is 15.0. The highest BCUT2D eigenvalue weighted by Gasteiger charge is 2.35. The number of aryl methyl sites for hydroxylation is 1. The molecule has 1 unspecified atom stereocenters. The lowest BCUT2D eigenvalue weighted by Gasteiger charge is -2.19. The molecular formula is C20H16ClN5O2. The van der Waals surface area contributed by atoms with Gasteiger partial charge in [0.1, 0.15) is 0 Å². The number of rotatable bonds is 3. The van der Waals surface area contributed by atoms with Crippen LogP contribution in [0.1, 0.15) is 23.7 Å². The Bertz CT molecular complexity index is 1200. The molecule has 140 valence electrons. The highest BCUT2D eigenvalue weighted by molar-refractivity contribution is 6.31. The average Bonchev–Trinajstić information content (AvgIpc) is 3.41.